The zero-order valence-electron chi connectivity index (χ0n) is 21.2. The lowest BCUT2D eigenvalue weighted by Crippen LogP contribution is -2.36. The first kappa shape index (κ1) is 23.9. The van der Waals surface area contributed by atoms with E-state index in [1.165, 1.54) is 6.42 Å². The van der Waals surface area contributed by atoms with Gasteiger partial charge >= 0.3 is 0 Å². The lowest BCUT2D eigenvalue weighted by Gasteiger charge is -2.32. The summed E-state index contributed by atoms with van der Waals surface area (Å²) >= 11 is 0. The van der Waals surface area contributed by atoms with Crippen LogP contribution in [0.5, 0.6) is 5.75 Å². The molecule has 2 aromatic carbocycles. The van der Waals surface area contributed by atoms with Crippen LogP contribution in [0.15, 0.2) is 39.9 Å². The number of H-pyrrole nitrogens is 2. The van der Waals surface area contributed by atoms with Crippen LogP contribution in [0.1, 0.15) is 37.7 Å². The molecule has 1 fully saturated rings. The van der Waals surface area contributed by atoms with Crippen LogP contribution in [0.25, 0.3) is 33.2 Å². The topological polar surface area (TPSA) is 105 Å². The first-order chi connectivity index (χ1) is 18.1. The van der Waals surface area contributed by atoms with Crippen LogP contribution in [0.3, 0.4) is 0 Å². The number of piperidine rings is 1. The van der Waals surface area contributed by atoms with Crippen LogP contribution >= 0.6 is 0 Å². The van der Waals surface area contributed by atoms with Crippen molar-refractivity contribution in [2.75, 3.05) is 33.4 Å². The molecule has 0 amide bonds. The van der Waals surface area contributed by atoms with Crippen molar-refractivity contribution in [3.8, 4) is 17.0 Å². The number of fused-ring (bicyclic) bond motifs is 3. The van der Waals surface area contributed by atoms with E-state index in [0.29, 0.717) is 52.3 Å². The van der Waals surface area contributed by atoms with Gasteiger partial charge in [-0.3, -0.25) is 24.3 Å². The van der Waals surface area contributed by atoms with Gasteiger partial charge in [0, 0.05) is 32.3 Å². The molecule has 4 bridgehead atoms. The highest BCUT2D eigenvalue weighted by atomic mass is 16.5. The number of ether oxygens (including phenoxy) is 2. The number of rotatable bonds is 4. The molecule has 0 radical (unpaired) electrons. The number of aromatic amines is 2. The molecule has 0 aliphatic carbocycles. The van der Waals surface area contributed by atoms with Crippen molar-refractivity contribution in [1.82, 2.24) is 24.6 Å². The molecule has 1 saturated heterocycles. The van der Waals surface area contributed by atoms with Crippen LogP contribution in [0.4, 0.5) is 0 Å². The van der Waals surface area contributed by atoms with Crippen LogP contribution < -0.4 is 15.9 Å². The first-order valence-electron chi connectivity index (χ1n) is 13.2. The average Bonchev–Trinajstić information content (AvgIpc) is 3.21. The zero-order chi connectivity index (χ0) is 25.4. The fourth-order valence-corrected chi connectivity index (χ4v) is 5.80. The van der Waals surface area contributed by atoms with Crippen LogP contribution in [-0.4, -0.2) is 58.1 Å². The lowest BCUT2D eigenvalue weighted by atomic mass is 9.98. The quantitative estimate of drug-likeness (QED) is 0.440. The summed E-state index contributed by atoms with van der Waals surface area (Å²) in [5, 5.41) is 3.79. The number of hydrogen-bond donors (Lipinski definition) is 2. The molecule has 2 aliphatic heterocycles. The minimum Gasteiger partial charge on any atom is -0.491 e. The minimum atomic E-state index is -0.290. The second-order valence-corrected chi connectivity index (χ2v) is 10.3. The van der Waals surface area contributed by atoms with E-state index >= 15 is 0 Å². The molecule has 4 heterocycles. The molecule has 9 heteroatoms. The van der Waals surface area contributed by atoms with Gasteiger partial charge in [-0.2, -0.15) is 0 Å². The van der Waals surface area contributed by atoms with Crippen molar-refractivity contribution in [2.24, 2.45) is 5.92 Å². The molecule has 1 unspecified atom stereocenters. The van der Waals surface area contributed by atoms with Crippen molar-refractivity contribution < 1.29 is 9.47 Å². The molecule has 0 spiro atoms. The van der Waals surface area contributed by atoms with E-state index in [-0.39, 0.29) is 16.8 Å². The van der Waals surface area contributed by atoms with Crippen molar-refractivity contribution in [1.29, 1.82) is 0 Å². The maximum Gasteiger partial charge on any atom is 0.275 e. The number of methoxy groups -OCH3 is 1. The van der Waals surface area contributed by atoms with Crippen LogP contribution in [0, 0.1) is 5.92 Å². The van der Waals surface area contributed by atoms with E-state index in [1.54, 1.807) is 23.9 Å². The zero-order valence-corrected chi connectivity index (χ0v) is 21.2. The Bertz CT molecular complexity index is 1550. The summed E-state index contributed by atoms with van der Waals surface area (Å²) in [4.78, 5) is 36.6. The van der Waals surface area contributed by atoms with Crippen LogP contribution in [0.2, 0.25) is 0 Å². The third-order valence-electron chi connectivity index (χ3n) is 7.56. The number of nitrogens with zero attached hydrogens (tertiary/aromatic N) is 3. The van der Waals surface area contributed by atoms with Gasteiger partial charge in [-0.15, -0.1) is 0 Å². The summed E-state index contributed by atoms with van der Waals surface area (Å²) < 4.78 is 13.3. The second kappa shape index (κ2) is 10.1. The summed E-state index contributed by atoms with van der Waals surface area (Å²) in [5.41, 5.74) is 3.55. The van der Waals surface area contributed by atoms with E-state index in [1.807, 2.05) is 12.1 Å². The van der Waals surface area contributed by atoms with Gasteiger partial charge < -0.3 is 14.5 Å². The number of nitrogens with one attached hydrogen (secondary N) is 2. The number of aromatic nitrogens is 4. The summed E-state index contributed by atoms with van der Waals surface area (Å²) in [6, 6.07) is 9.51. The Morgan fingerprint density at radius 2 is 2.05 bits per heavy atom. The van der Waals surface area contributed by atoms with Crippen LogP contribution in [-0.2, 0) is 17.8 Å². The van der Waals surface area contributed by atoms with E-state index in [0.717, 1.165) is 57.5 Å². The largest absolute Gasteiger partial charge is 0.491 e. The molecular formula is C28H33N5O4. The first-order valence-corrected chi connectivity index (χ1v) is 13.2. The fraction of sp³-hybridized carbons (Fsp3) is 0.464. The molecule has 6 rings (SSSR count). The van der Waals surface area contributed by atoms with Gasteiger partial charge in [0.05, 0.1) is 29.6 Å². The normalized spacial score (nSPS) is 18.9. The Labute approximate surface area is 214 Å². The van der Waals surface area contributed by atoms with Gasteiger partial charge in [-0.1, -0.05) is 12.1 Å². The Balaban J connectivity index is 1.44. The summed E-state index contributed by atoms with van der Waals surface area (Å²) in [6.45, 7) is 4.75. The molecule has 9 nitrogen and oxygen atoms in total. The molecule has 37 heavy (non-hydrogen) atoms. The van der Waals surface area contributed by atoms with Crippen molar-refractivity contribution >= 4 is 21.9 Å². The number of likely N-dealkylation sites (tertiary alicyclic amines) is 1. The van der Waals surface area contributed by atoms with Gasteiger partial charge in [0.1, 0.15) is 17.0 Å². The predicted octanol–water partition coefficient (Wildman–Crippen LogP) is 3.65. The minimum absolute atomic E-state index is 0.0732. The van der Waals surface area contributed by atoms with Crippen molar-refractivity contribution in [3.63, 3.8) is 0 Å². The predicted molar refractivity (Wildman–Crippen MR) is 143 cm³/mol. The Morgan fingerprint density at radius 3 is 2.95 bits per heavy atom. The van der Waals surface area contributed by atoms with E-state index in [9.17, 15) is 9.59 Å². The summed E-state index contributed by atoms with van der Waals surface area (Å²) in [5.74, 6) is 1.23. The molecule has 0 saturated carbocycles. The monoisotopic (exact) mass is 503 g/mol. The number of hydrogen-bond acceptors (Lipinski definition) is 6. The van der Waals surface area contributed by atoms with Crippen molar-refractivity contribution in [3.05, 3.63) is 56.6 Å². The standard InChI is InChI=1S/C28H33N5O4/c1-36-17-18-7-6-10-32(15-18)16-19-13-22-26-23(14-19)37-12-4-2-3-11-33-28(35)21-9-5-8-20(24(21)31-33)25(30-26)27(34)29-22/h5,8-9,13-14,18,31H,2-4,6-7,10-12,15-17H2,1H3,(H,29,34). The van der Waals surface area contributed by atoms with Gasteiger partial charge in [0.2, 0.25) is 0 Å². The van der Waals surface area contributed by atoms with E-state index in [2.05, 4.69) is 21.0 Å². The lowest BCUT2D eigenvalue weighted by molar-refractivity contribution is 0.0873. The Kier molecular flexibility index (Phi) is 6.56. The molecule has 194 valence electrons. The van der Waals surface area contributed by atoms with Gasteiger partial charge in [-0.05, 0) is 68.3 Å². The smallest absolute Gasteiger partial charge is 0.275 e. The number of para-hydroxylation sites is 1. The highest BCUT2D eigenvalue weighted by molar-refractivity contribution is 5.93. The van der Waals surface area contributed by atoms with E-state index in [4.69, 9.17) is 14.5 Å². The van der Waals surface area contributed by atoms with Gasteiger partial charge in [0.25, 0.3) is 11.1 Å². The molecule has 4 aromatic rings. The number of aryl methyl sites for hydroxylation is 1. The van der Waals surface area contributed by atoms with Gasteiger partial charge in [0.15, 0.2) is 0 Å². The van der Waals surface area contributed by atoms with E-state index < -0.39 is 0 Å². The Hall–Kier alpha value is -3.43. The molecule has 1 atom stereocenters. The molecule has 2 aromatic heterocycles. The molecular weight excluding hydrogens is 470 g/mol. The fourth-order valence-electron chi connectivity index (χ4n) is 5.80. The summed E-state index contributed by atoms with van der Waals surface area (Å²) in [7, 11) is 1.76. The Morgan fingerprint density at radius 1 is 1.14 bits per heavy atom. The SMILES string of the molecule is COCC1CCCN(Cc2cc3c4nc(c(=O)[nH]c4c2)-c2cccc4c(=O)n([nH]c24)CCCCCO3)C1. The third kappa shape index (κ3) is 4.69. The third-order valence-corrected chi connectivity index (χ3v) is 7.56. The van der Waals surface area contributed by atoms with Crippen molar-refractivity contribution in [2.45, 2.75) is 45.2 Å². The van der Waals surface area contributed by atoms with Gasteiger partial charge in [-0.25, -0.2) is 4.98 Å². The maximum atomic E-state index is 13.3. The molecule has 2 N–H and O–H groups in total. The second-order valence-electron chi connectivity index (χ2n) is 10.3. The average molecular weight is 504 g/mol. The maximum absolute atomic E-state index is 13.3. The highest BCUT2D eigenvalue weighted by Crippen LogP contribution is 2.30. The number of benzene rings is 2. The highest BCUT2D eigenvalue weighted by Gasteiger charge is 2.22. The molecule has 2 aliphatic rings. The summed E-state index contributed by atoms with van der Waals surface area (Å²) in [6.07, 6.45) is 5.02.